The molecular weight excluding hydrogens is 431 g/mol. The summed E-state index contributed by atoms with van der Waals surface area (Å²) in [6.07, 6.45) is 0. The Hall–Kier alpha value is -1.99. The van der Waals surface area contributed by atoms with E-state index in [1.807, 2.05) is 24.0 Å². The molecule has 1 fully saturated rings. The van der Waals surface area contributed by atoms with Crippen LogP contribution >= 0.6 is 35.0 Å². The van der Waals surface area contributed by atoms with Crippen molar-refractivity contribution in [3.05, 3.63) is 68.7 Å². The molecule has 5 nitrogen and oxygen atoms in total. The first-order valence-electron chi connectivity index (χ1n) is 9.11. The first-order chi connectivity index (χ1) is 14.0. The van der Waals surface area contributed by atoms with E-state index in [4.69, 9.17) is 27.9 Å². The lowest BCUT2D eigenvalue weighted by molar-refractivity contribution is -0.121. The van der Waals surface area contributed by atoms with Gasteiger partial charge in [-0.2, -0.15) is 0 Å². The number of amides is 2. The van der Waals surface area contributed by atoms with Gasteiger partial charge in [-0.3, -0.25) is 9.59 Å². The van der Waals surface area contributed by atoms with Crippen molar-refractivity contribution >= 4 is 52.5 Å². The van der Waals surface area contributed by atoms with E-state index in [1.54, 1.807) is 30.3 Å². The quantitative estimate of drug-likeness (QED) is 0.643. The van der Waals surface area contributed by atoms with Crippen LogP contribution in [-0.4, -0.2) is 43.0 Å². The highest BCUT2D eigenvalue weighted by Gasteiger charge is 2.42. The minimum atomic E-state index is -0.351. The molecule has 2 heterocycles. The van der Waals surface area contributed by atoms with Gasteiger partial charge in [-0.1, -0.05) is 41.0 Å². The van der Waals surface area contributed by atoms with Crippen LogP contribution in [0.5, 0.6) is 0 Å². The molecule has 0 aliphatic carbocycles. The second-order valence-corrected chi connectivity index (χ2v) is 8.64. The Morgan fingerprint density at radius 2 is 1.66 bits per heavy atom. The summed E-state index contributed by atoms with van der Waals surface area (Å²) in [6, 6.07) is 12.4. The summed E-state index contributed by atoms with van der Waals surface area (Å²) >= 11 is 13.5. The second-order valence-electron chi connectivity index (χ2n) is 6.71. The fourth-order valence-corrected chi connectivity index (χ4v) is 4.53. The van der Waals surface area contributed by atoms with Gasteiger partial charge in [0, 0.05) is 28.0 Å². The molecule has 0 atom stereocenters. The number of imide groups is 1. The van der Waals surface area contributed by atoms with Crippen molar-refractivity contribution in [3.63, 3.8) is 0 Å². The molecule has 4 rings (SSSR count). The SMILES string of the molecule is Cc1ccc(N2C(=O)C(Sc3ccc(Cl)cc3)=C(N3CCOCC3)C2=O)cc1Cl. The van der Waals surface area contributed by atoms with Gasteiger partial charge in [0.1, 0.15) is 10.6 Å². The Bertz CT molecular complexity index is 1000. The molecule has 2 aliphatic heterocycles. The average molecular weight is 449 g/mol. The Balaban J connectivity index is 1.74. The van der Waals surface area contributed by atoms with Gasteiger partial charge in [0.2, 0.25) is 0 Å². The summed E-state index contributed by atoms with van der Waals surface area (Å²) in [5, 5.41) is 1.12. The number of hydrogen-bond acceptors (Lipinski definition) is 5. The molecule has 2 amide bonds. The molecule has 8 heteroatoms. The van der Waals surface area contributed by atoms with E-state index in [1.165, 1.54) is 16.7 Å². The number of carbonyl (C=O) groups excluding carboxylic acids is 2. The third-order valence-electron chi connectivity index (χ3n) is 4.79. The van der Waals surface area contributed by atoms with Crippen LogP contribution in [0.3, 0.4) is 0 Å². The predicted octanol–water partition coefficient (Wildman–Crippen LogP) is 4.51. The number of anilines is 1. The molecule has 0 radical (unpaired) electrons. The molecule has 29 heavy (non-hydrogen) atoms. The molecule has 0 aromatic heterocycles. The summed E-state index contributed by atoms with van der Waals surface area (Å²) in [6.45, 7) is 4.02. The molecule has 150 valence electrons. The average Bonchev–Trinajstić information content (AvgIpc) is 2.96. The van der Waals surface area contributed by atoms with E-state index >= 15 is 0 Å². The number of aryl methyl sites for hydroxylation is 1. The van der Waals surface area contributed by atoms with Crippen LogP contribution in [0, 0.1) is 6.92 Å². The lowest BCUT2D eigenvalue weighted by atomic mass is 10.2. The highest BCUT2D eigenvalue weighted by molar-refractivity contribution is 8.04. The number of rotatable bonds is 4. The van der Waals surface area contributed by atoms with E-state index in [-0.39, 0.29) is 11.8 Å². The molecule has 0 spiro atoms. The first-order valence-corrected chi connectivity index (χ1v) is 10.7. The van der Waals surface area contributed by atoms with Gasteiger partial charge in [-0.25, -0.2) is 4.90 Å². The molecule has 2 aromatic carbocycles. The molecule has 0 N–H and O–H groups in total. The maximum absolute atomic E-state index is 13.4. The Kier molecular flexibility index (Phi) is 5.88. The van der Waals surface area contributed by atoms with Crippen molar-refractivity contribution in [2.45, 2.75) is 11.8 Å². The van der Waals surface area contributed by atoms with Crippen LogP contribution in [0.4, 0.5) is 5.69 Å². The number of carbonyl (C=O) groups is 2. The van der Waals surface area contributed by atoms with Gasteiger partial charge in [0.15, 0.2) is 0 Å². The minimum Gasteiger partial charge on any atom is -0.378 e. The number of ether oxygens (including phenoxy) is 1. The van der Waals surface area contributed by atoms with Gasteiger partial charge in [0.05, 0.1) is 18.9 Å². The summed E-state index contributed by atoms with van der Waals surface area (Å²) in [5.74, 6) is -0.690. The highest BCUT2D eigenvalue weighted by Crippen LogP contribution is 2.39. The zero-order valence-electron chi connectivity index (χ0n) is 15.7. The van der Waals surface area contributed by atoms with Crippen LogP contribution < -0.4 is 4.90 Å². The van der Waals surface area contributed by atoms with Crippen LogP contribution in [0.25, 0.3) is 0 Å². The summed E-state index contributed by atoms with van der Waals surface area (Å²) in [7, 11) is 0. The lowest BCUT2D eigenvalue weighted by Crippen LogP contribution is -2.40. The topological polar surface area (TPSA) is 49.9 Å². The van der Waals surface area contributed by atoms with Crippen molar-refractivity contribution in [1.29, 1.82) is 0 Å². The molecule has 2 aromatic rings. The maximum atomic E-state index is 13.4. The van der Waals surface area contributed by atoms with E-state index in [9.17, 15) is 9.59 Å². The normalized spacial score (nSPS) is 17.5. The summed E-state index contributed by atoms with van der Waals surface area (Å²) < 4.78 is 5.42. The zero-order valence-corrected chi connectivity index (χ0v) is 18.0. The molecule has 0 saturated carbocycles. The third-order valence-corrected chi connectivity index (χ3v) is 6.53. The lowest BCUT2D eigenvalue weighted by Gasteiger charge is -2.29. The predicted molar refractivity (Wildman–Crippen MR) is 115 cm³/mol. The minimum absolute atomic E-state index is 0.340. The van der Waals surface area contributed by atoms with Gasteiger partial charge in [-0.15, -0.1) is 0 Å². The number of nitrogens with zero attached hydrogens (tertiary/aromatic N) is 2. The van der Waals surface area contributed by atoms with Crippen LogP contribution in [0.15, 0.2) is 58.0 Å². The molecule has 2 aliphatic rings. The van der Waals surface area contributed by atoms with E-state index < -0.39 is 0 Å². The van der Waals surface area contributed by atoms with Crippen LogP contribution in [-0.2, 0) is 14.3 Å². The Morgan fingerprint density at radius 3 is 2.31 bits per heavy atom. The van der Waals surface area contributed by atoms with Crippen molar-refractivity contribution in [2.75, 3.05) is 31.2 Å². The van der Waals surface area contributed by atoms with E-state index in [0.29, 0.717) is 52.6 Å². The number of halogens is 2. The van der Waals surface area contributed by atoms with Crippen molar-refractivity contribution < 1.29 is 14.3 Å². The van der Waals surface area contributed by atoms with Crippen molar-refractivity contribution in [2.24, 2.45) is 0 Å². The van der Waals surface area contributed by atoms with E-state index in [2.05, 4.69) is 0 Å². The van der Waals surface area contributed by atoms with Gasteiger partial charge in [0.25, 0.3) is 11.8 Å². The van der Waals surface area contributed by atoms with Crippen molar-refractivity contribution in [3.8, 4) is 0 Å². The number of thioether (sulfide) groups is 1. The van der Waals surface area contributed by atoms with Gasteiger partial charge >= 0.3 is 0 Å². The van der Waals surface area contributed by atoms with E-state index in [0.717, 1.165) is 10.5 Å². The van der Waals surface area contributed by atoms with Crippen LogP contribution in [0.1, 0.15) is 5.56 Å². The number of morpholine rings is 1. The maximum Gasteiger partial charge on any atom is 0.283 e. The highest BCUT2D eigenvalue weighted by atomic mass is 35.5. The van der Waals surface area contributed by atoms with Gasteiger partial charge in [-0.05, 0) is 48.9 Å². The largest absolute Gasteiger partial charge is 0.378 e. The molecular formula is C21H18Cl2N2O3S. The third kappa shape index (κ3) is 4.03. The van der Waals surface area contributed by atoms with Crippen LogP contribution in [0.2, 0.25) is 10.0 Å². The Labute approximate surface area is 183 Å². The summed E-state index contributed by atoms with van der Waals surface area (Å²) in [5.41, 5.74) is 1.76. The fourth-order valence-electron chi connectivity index (χ4n) is 3.23. The standard InChI is InChI=1S/C21H18Cl2N2O3S/c1-13-2-5-15(12-17(13)23)25-20(26)18(24-8-10-28-11-9-24)19(21(25)27)29-16-6-3-14(22)4-7-16/h2-7,12H,8-11H2,1H3. The molecule has 0 unspecified atom stereocenters. The molecule has 0 bridgehead atoms. The monoisotopic (exact) mass is 448 g/mol. The number of benzene rings is 2. The smallest absolute Gasteiger partial charge is 0.283 e. The number of hydrogen-bond donors (Lipinski definition) is 0. The van der Waals surface area contributed by atoms with Crippen molar-refractivity contribution in [1.82, 2.24) is 4.90 Å². The Morgan fingerprint density at radius 1 is 0.966 bits per heavy atom. The van der Waals surface area contributed by atoms with Gasteiger partial charge < -0.3 is 9.64 Å². The zero-order chi connectivity index (χ0) is 20.5. The summed E-state index contributed by atoms with van der Waals surface area (Å²) in [4.78, 5) is 31.1. The fraction of sp³-hybridized carbons (Fsp3) is 0.238. The first kappa shape index (κ1) is 20.3. The molecule has 1 saturated heterocycles. The second kappa shape index (κ2) is 8.40.